The molecule has 1 aliphatic carbocycles. The van der Waals surface area contributed by atoms with Gasteiger partial charge in [-0.1, -0.05) is 12.1 Å². The van der Waals surface area contributed by atoms with Crippen LogP contribution in [0.1, 0.15) is 68.7 Å². The summed E-state index contributed by atoms with van der Waals surface area (Å²) in [5.74, 6) is -0.338. The number of esters is 1. The summed E-state index contributed by atoms with van der Waals surface area (Å²) in [7, 11) is 0. The first-order valence-electron chi connectivity index (χ1n) is 10.0. The Kier molecular flexibility index (Phi) is 5.68. The molecule has 0 saturated carbocycles. The van der Waals surface area contributed by atoms with E-state index >= 15 is 0 Å². The van der Waals surface area contributed by atoms with Gasteiger partial charge in [0.1, 0.15) is 11.3 Å². The van der Waals surface area contributed by atoms with E-state index in [1.165, 1.54) is 11.1 Å². The molecule has 1 aromatic heterocycles. The van der Waals surface area contributed by atoms with Gasteiger partial charge in [-0.3, -0.25) is 0 Å². The quantitative estimate of drug-likeness (QED) is 0.774. The van der Waals surface area contributed by atoms with E-state index in [2.05, 4.69) is 17.4 Å². The second-order valence-electron chi connectivity index (χ2n) is 8.35. The Morgan fingerprint density at radius 1 is 1.25 bits per heavy atom. The van der Waals surface area contributed by atoms with Crippen LogP contribution in [0.4, 0.5) is 4.79 Å². The van der Waals surface area contributed by atoms with Crippen molar-refractivity contribution in [2.75, 3.05) is 13.2 Å². The summed E-state index contributed by atoms with van der Waals surface area (Å²) in [5.41, 5.74) is 3.70. The highest BCUT2D eigenvalue weighted by Crippen LogP contribution is 2.34. The topological polar surface area (TPSA) is 69.6 Å². The molecule has 1 heterocycles. The molecule has 0 radical (unpaired) electrons. The van der Waals surface area contributed by atoms with Crippen molar-refractivity contribution in [1.29, 1.82) is 0 Å². The number of alkyl carbamates (subject to hydrolysis) is 1. The average Bonchev–Trinajstić information content (AvgIpc) is 3.21. The predicted molar refractivity (Wildman–Crippen MR) is 109 cm³/mol. The van der Waals surface area contributed by atoms with E-state index < -0.39 is 11.7 Å². The highest BCUT2D eigenvalue weighted by atomic mass is 16.6. The maximum Gasteiger partial charge on any atom is 0.407 e. The van der Waals surface area contributed by atoms with Gasteiger partial charge in [0.15, 0.2) is 0 Å². The van der Waals surface area contributed by atoms with E-state index in [1.807, 2.05) is 38.3 Å². The van der Waals surface area contributed by atoms with Crippen molar-refractivity contribution in [3.05, 3.63) is 35.0 Å². The standard InChI is InChI=1S/C22H30N2O4/c1-6-27-20(25)18-12-16-11-10-15-8-7-9-17(15)19(16)24(18)14(2)13-23-21(26)28-22(3,4)5/h10-12,14H,6-9,13H2,1-5H3,(H,23,26). The fourth-order valence-electron chi connectivity index (χ4n) is 3.86. The molecule has 2 aromatic rings. The van der Waals surface area contributed by atoms with Crippen LogP contribution in [0.5, 0.6) is 0 Å². The normalized spacial score (nSPS) is 14.6. The Morgan fingerprint density at radius 2 is 2.00 bits per heavy atom. The molecule has 1 unspecified atom stereocenters. The minimum atomic E-state index is -0.551. The summed E-state index contributed by atoms with van der Waals surface area (Å²) >= 11 is 0. The molecular weight excluding hydrogens is 356 g/mol. The molecule has 3 rings (SSSR count). The van der Waals surface area contributed by atoms with Crippen LogP contribution in [-0.2, 0) is 22.3 Å². The van der Waals surface area contributed by atoms with Gasteiger partial charge in [-0.25, -0.2) is 9.59 Å². The number of carbonyl (C=O) groups is 2. The summed E-state index contributed by atoms with van der Waals surface area (Å²) in [6.45, 7) is 9.97. The van der Waals surface area contributed by atoms with Gasteiger partial charge in [0.2, 0.25) is 0 Å². The van der Waals surface area contributed by atoms with Crippen molar-refractivity contribution in [1.82, 2.24) is 9.88 Å². The molecule has 1 N–H and O–H groups in total. The van der Waals surface area contributed by atoms with Crippen molar-refractivity contribution >= 4 is 23.0 Å². The zero-order valence-corrected chi connectivity index (χ0v) is 17.4. The van der Waals surface area contributed by atoms with Crippen molar-refractivity contribution in [3.8, 4) is 0 Å². The number of hydrogen-bond donors (Lipinski definition) is 1. The molecule has 6 nitrogen and oxygen atoms in total. The Labute approximate surface area is 166 Å². The first-order valence-corrected chi connectivity index (χ1v) is 10.0. The summed E-state index contributed by atoms with van der Waals surface area (Å²) in [6, 6.07) is 6.01. The highest BCUT2D eigenvalue weighted by Gasteiger charge is 2.25. The molecule has 28 heavy (non-hydrogen) atoms. The maximum atomic E-state index is 12.6. The highest BCUT2D eigenvalue weighted by molar-refractivity contribution is 5.97. The lowest BCUT2D eigenvalue weighted by Gasteiger charge is -2.23. The third-order valence-electron chi connectivity index (χ3n) is 4.94. The lowest BCUT2D eigenvalue weighted by Crippen LogP contribution is -2.35. The molecule has 1 atom stereocenters. The first-order chi connectivity index (χ1) is 13.2. The smallest absolute Gasteiger partial charge is 0.407 e. The van der Waals surface area contributed by atoms with Crippen molar-refractivity contribution in [3.63, 3.8) is 0 Å². The molecule has 0 bridgehead atoms. The van der Waals surface area contributed by atoms with Crippen molar-refractivity contribution < 1.29 is 19.1 Å². The molecule has 0 fully saturated rings. The van der Waals surface area contributed by atoms with E-state index in [1.54, 1.807) is 6.92 Å². The second kappa shape index (κ2) is 7.86. The van der Waals surface area contributed by atoms with Crippen LogP contribution in [0.15, 0.2) is 18.2 Å². The average molecular weight is 386 g/mol. The molecule has 0 spiro atoms. The monoisotopic (exact) mass is 386 g/mol. The van der Waals surface area contributed by atoms with Crippen LogP contribution in [0.2, 0.25) is 0 Å². The van der Waals surface area contributed by atoms with Crippen LogP contribution >= 0.6 is 0 Å². The number of amides is 1. The fraction of sp³-hybridized carbons (Fsp3) is 0.545. The van der Waals surface area contributed by atoms with Crippen LogP contribution in [-0.4, -0.2) is 35.4 Å². The van der Waals surface area contributed by atoms with E-state index in [0.29, 0.717) is 18.8 Å². The van der Waals surface area contributed by atoms with E-state index in [9.17, 15) is 9.59 Å². The third-order valence-corrected chi connectivity index (χ3v) is 4.94. The molecule has 0 aliphatic heterocycles. The molecule has 1 aromatic carbocycles. The van der Waals surface area contributed by atoms with Gasteiger partial charge in [0.05, 0.1) is 12.1 Å². The van der Waals surface area contributed by atoms with Gasteiger partial charge >= 0.3 is 12.1 Å². The predicted octanol–water partition coefficient (Wildman–Crippen LogP) is 4.39. The van der Waals surface area contributed by atoms with Gasteiger partial charge in [-0.15, -0.1) is 0 Å². The Bertz CT molecular complexity index is 892. The first kappa shape index (κ1) is 20.2. The second-order valence-corrected chi connectivity index (χ2v) is 8.35. The molecule has 152 valence electrons. The summed E-state index contributed by atoms with van der Waals surface area (Å²) in [4.78, 5) is 24.7. The number of nitrogens with one attached hydrogen (secondary N) is 1. The van der Waals surface area contributed by atoms with Gasteiger partial charge in [0.25, 0.3) is 0 Å². The van der Waals surface area contributed by atoms with E-state index in [0.717, 1.165) is 30.2 Å². The number of hydrogen-bond acceptors (Lipinski definition) is 4. The minimum absolute atomic E-state index is 0.128. The van der Waals surface area contributed by atoms with E-state index in [-0.39, 0.29) is 12.0 Å². The molecule has 1 amide bonds. The number of nitrogens with zero attached hydrogens (tertiary/aromatic N) is 1. The zero-order valence-electron chi connectivity index (χ0n) is 17.4. The zero-order chi connectivity index (χ0) is 20.5. The summed E-state index contributed by atoms with van der Waals surface area (Å²) < 4.78 is 12.6. The number of carbonyl (C=O) groups excluding carboxylic acids is 2. The number of benzene rings is 1. The Hall–Kier alpha value is -2.50. The van der Waals surface area contributed by atoms with Crippen LogP contribution in [0.3, 0.4) is 0 Å². The number of rotatable bonds is 5. The molecular formula is C22H30N2O4. The van der Waals surface area contributed by atoms with Gasteiger partial charge in [-0.2, -0.15) is 0 Å². The molecule has 1 aliphatic rings. The van der Waals surface area contributed by atoms with Crippen molar-refractivity contribution in [2.45, 2.75) is 65.5 Å². The molecule has 0 saturated heterocycles. The van der Waals surface area contributed by atoms with Gasteiger partial charge < -0.3 is 19.4 Å². The number of ether oxygens (including phenoxy) is 2. The summed E-state index contributed by atoms with van der Waals surface area (Å²) in [5, 5.41) is 3.86. The number of aryl methyl sites for hydroxylation is 2. The minimum Gasteiger partial charge on any atom is -0.461 e. The van der Waals surface area contributed by atoms with Crippen LogP contribution in [0.25, 0.3) is 10.9 Å². The number of fused-ring (bicyclic) bond motifs is 3. The van der Waals surface area contributed by atoms with Gasteiger partial charge in [0, 0.05) is 18.0 Å². The Balaban J connectivity index is 1.95. The number of aromatic nitrogens is 1. The maximum absolute atomic E-state index is 12.6. The van der Waals surface area contributed by atoms with Crippen LogP contribution in [0, 0.1) is 0 Å². The van der Waals surface area contributed by atoms with Crippen LogP contribution < -0.4 is 5.32 Å². The molecule has 6 heteroatoms. The summed E-state index contributed by atoms with van der Waals surface area (Å²) in [6.07, 6.45) is 2.73. The van der Waals surface area contributed by atoms with E-state index in [4.69, 9.17) is 9.47 Å². The SMILES string of the molecule is CCOC(=O)c1cc2ccc3c(c2n1C(C)CNC(=O)OC(C)(C)C)CCC3. The van der Waals surface area contributed by atoms with Gasteiger partial charge in [-0.05, 0) is 71.1 Å². The largest absolute Gasteiger partial charge is 0.461 e. The Morgan fingerprint density at radius 3 is 2.68 bits per heavy atom. The fourth-order valence-corrected chi connectivity index (χ4v) is 3.86. The lowest BCUT2D eigenvalue weighted by molar-refractivity contribution is 0.0512. The van der Waals surface area contributed by atoms with Crippen molar-refractivity contribution in [2.24, 2.45) is 0 Å². The lowest BCUT2D eigenvalue weighted by atomic mass is 10.1. The third kappa shape index (κ3) is 4.16.